The smallest absolute Gasteiger partial charge is 0.251 e. The number of rotatable bonds is 4. The number of pyridine rings is 2. The van der Waals surface area contributed by atoms with E-state index < -0.39 is 15.9 Å². The Balaban J connectivity index is 1.51. The summed E-state index contributed by atoms with van der Waals surface area (Å²) in [5.41, 5.74) is 0. The van der Waals surface area contributed by atoms with Crippen molar-refractivity contribution in [3.8, 4) is 0 Å². The maximum Gasteiger partial charge on any atom is 0.251 e. The molecule has 4 rings (SSSR count). The highest BCUT2D eigenvalue weighted by Gasteiger charge is 2.34. The molecule has 0 amide bonds. The average Bonchev–Trinajstić information content (AvgIpc) is 2.67. The molecule has 0 aliphatic carbocycles. The minimum Gasteiger partial charge on any atom is -0.367 e. The Kier molecular flexibility index (Phi) is 5.32. The zero-order valence-corrected chi connectivity index (χ0v) is 17.1. The van der Waals surface area contributed by atoms with Crippen molar-refractivity contribution in [2.75, 3.05) is 42.7 Å². The first kappa shape index (κ1) is 20.2. The van der Waals surface area contributed by atoms with Gasteiger partial charge in [0, 0.05) is 68.2 Å². The lowest BCUT2D eigenvalue weighted by molar-refractivity contribution is -0.0221. The van der Waals surface area contributed by atoms with E-state index in [-0.39, 0.29) is 32.0 Å². The summed E-state index contributed by atoms with van der Waals surface area (Å²) in [5, 5.41) is 5.18. The van der Waals surface area contributed by atoms with Crippen LogP contribution in [0.4, 0.5) is 20.4 Å². The maximum atomic E-state index is 13.5. The van der Waals surface area contributed by atoms with E-state index in [1.807, 2.05) is 17.0 Å². The Bertz CT molecular complexity index is 983. The van der Waals surface area contributed by atoms with Gasteiger partial charge in [-0.15, -0.1) is 0 Å². The van der Waals surface area contributed by atoms with Gasteiger partial charge >= 0.3 is 0 Å². The van der Waals surface area contributed by atoms with Gasteiger partial charge in [-0.05, 0) is 25.0 Å². The number of piperidine rings is 2. The molecule has 2 aromatic rings. The topological polar surface area (TPSA) is 78.4 Å². The lowest BCUT2D eigenvalue weighted by Crippen LogP contribution is -2.41. The van der Waals surface area contributed by atoms with Gasteiger partial charge in [-0.2, -0.15) is 0 Å². The first-order valence-electron chi connectivity index (χ1n) is 9.80. The van der Waals surface area contributed by atoms with Crippen molar-refractivity contribution in [3.63, 3.8) is 0 Å². The fourth-order valence-electron chi connectivity index (χ4n) is 3.97. The van der Waals surface area contributed by atoms with Crippen LogP contribution in [0.25, 0.3) is 10.8 Å². The third-order valence-electron chi connectivity index (χ3n) is 5.70. The molecule has 7 nitrogen and oxygen atoms in total. The van der Waals surface area contributed by atoms with E-state index in [9.17, 15) is 17.2 Å². The van der Waals surface area contributed by atoms with Crippen molar-refractivity contribution >= 4 is 32.4 Å². The Morgan fingerprint density at radius 2 is 1.83 bits per heavy atom. The molecule has 0 aromatic carbocycles. The Labute approximate surface area is 169 Å². The van der Waals surface area contributed by atoms with Crippen LogP contribution in [0, 0.1) is 0 Å². The summed E-state index contributed by atoms with van der Waals surface area (Å²) in [6.07, 6.45) is 5.74. The monoisotopic (exact) mass is 425 g/mol. The molecule has 158 valence electrons. The van der Waals surface area contributed by atoms with E-state index in [4.69, 9.17) is 0 Å². The molecule has 10 heteroatoms. The van der Waals surface area contributed by atoms with Gasteiger partial charge in [-0.3, -0.25) is 0 Å². The van der Waals surface area contributed by atoms with Crippen LogP contribution < -0.4 is 10.2 Å². The Morgan fingerprint density at radius 3 is 2.48 bits per heavy atom. The van der Waals surface area contributed by atoms with Crippen molar-refractivity contribution in [1.82, 2.24) is 14.3 Å². The summed E-state index contributed by atoms with van der Waals surface area (Å²) in [6.45, 7) is 1.51. The zero-order valence-electron chi connectivity index (χ0n) is 16.3. The quantitative estimate of drug-likeness (QED) is 0.812. The standard InChI is InChI=1S/C19H25F2N5O2S/c1-29(27,28)26-8-3-15(4-9-26)24-17-12-16-14(13-23-17)2-7-22-18(16)25-10-5-19(20,21)6-11-25/h2,7,12-13,15H,3-6,8-11H2,1H3,(H,23,24). The van der Waals surface area contributed by atoms with E-state index in [0.29, 0.717) is 37.6 Å². The second-order valence-corrected chi connectivity index (χ2v) is 9.83. The van der Waals surface area contributed by atoms with Gasteiger partial charge in [0.15, 0.2) is 0 Å². The predicted octanol–water partition coefficient (Wildman–Crippen LogP) is 2.70. The molecule has 0 bridgehead atoms. The molecular formula is C19H25F2N5O2S. The summed E-state index contributed by atoms with van der Waals surface area (Å²) >= 11 is 0. The molecule has 1 N–H and O–H groups in total. The predicted molar refractivity (Wildman–Crippen MR) is 109 cm³/mol. The van der Waals surface area contributed by atoms with Crippen LogP contribution in [0.2, 0.25) is 0 Å². The highest BCUT2D eigenvalue weighted by atomic mass is 32.2. The number of sulfonamides is 1. The van der Waals surface area contributed by atoms with Gasteiger partial charge < -0.3 is 10.2 Å². The largest absolute Gasteiger partial charge is 0.367 e. The number of alkyl halides is 2. The molecule has 0 unspecified atom stereocenters. The molecule has 29 heavy (non-hydrogen) atoms. The van der Waals surface area contributed by atoms with Crippen molar-refractivity contribution < 1.29 is 17.2 Å². The first-order valence-corrected chi connectivity index (χ1v) is 11.7. The van der Waals surface area contributed by atoms with Crippen molar-refractivity contribution in [3.05, 3.63) is 24.5 Å². The lowest BCUT2D eigenvalue weighted by Gasteiger charge is -2.33. The number of fused-ring (bicyclic) bond motifs is 1. The van der Waals surface area contributed by atoms with Crippen LogP contribution in [-0.4, -0.2) is 67.1 Å². The third kappa shape index (κ3) is 4.58. The maximum absolute atomic E-state index is 13.5. The van der Waals surface area contributed by atoms with Crippen LogP contribution in [0.15, 0.2) is 24.5 Å². The minimum absolute atomic E-state index is 0.131. The van der Waals surface area contributed by atoms with Crippen molar-refractivity contribution in [2.24, 2.45) is 0 Å². The Morgan fingerprint density at radius 1 is 1.14 bits per heavy atom. The third-order valence-corrected chi connectivity index (χ3v) is 7.00. The number of nitrogens with one attached hydrogen (secondary N) is 1. The summed E-state index contributed by atoms with van der Waals surface area (Å²) in [4.78, 5) is 10.8. The molecule has 2 aromatic heterocycles. The van der Waals surface area contributed by atoms with Crippen LogP contribution in [0.1, 0.15) is 25.7 Å². The number of hydrogen-bond donors (Lipinski definition) is 1. The summed E-state index contributed by atoms with van der Waals surface area (Å²) in [7, 11) is -3.15. The molecular weight excluding hydrogens is 400 g/mol. The van der Waals surface area contributed by atoms with Crippen LogP contribution in [-0.2, 0) is 10.0 Å². The second kappa shape index (κ2) is 7.64. The SMILES string of the molecule is CS(=O)(=O)N1CCC(Nc2cc3c(N4CCC(F)(F)CC4)nccc3cn2)CC1. The van der Waals surface area contributed by atoms with Crippen molar-refractivity contribution in [1.29, 1.82) is 0 Å². The molecule has 4 heterocycles. The summed E-state index contributed by atoms with van der Waals surface area (Å²) in [6, 6.07) is 3.90. The minimum atomic E-state index is -3.15. The van der Waals surface area contributed by atoms with Gasteiger partial charge in [-0.25, -0.2) is 31.5 Å². The number of aromatic nitrogens is 2. The molecule has 2 aliphatic rings. The fourth-order valence-corrected chi connectivity index (χ4v) is 4.84. The first-order chi connectivity index (χ1) is 13.7. The molecule has 2 saturated heterocycles. The van der Waals surface area contributed by atoms with Gasteiger partial charge in [-0.1, -0.05) is 0 Å². The molecule has 0 radical (unpaired) electrons. The fraction of sp³-hybridized carbons (Fsp3) is 0.579. The highest BCUT2D eigenvalue weighted by molar-refractivity contribution is 7.88. The zero-order chi connectivity index (χ0) is 20.6. The second-order valence-electron chi connectivity index (χ2n) is 7.85. The van der Waals surface area contributed by atoms with Crippen LogP contribution in [0.3, 0.4) is 0 Å². The number of halogens is 2. The average molecular weight is 426 g/mol. The number of nitrogens with zero attached hydrogens (tertiary/aromatic N) is 4. The summed E-state index contributed by atoms with van der Waals surface area (Å²) in [5.74, 6) is -1.21. The van der Waals surface area contributed by atoms with E-state index in [1.54, 1.807) is 12.4 Å². The Hall–Kier alpha value is -2.07. The van der Waals surface area contributed by atoms with Crippen molar-refractivity contribution in [2.45, 2.75) is 37.6 Å². The highest BCUT2D eigenvalue weighted by Crippen LogP contribution is 2.33. The van der Waals surface area contributed by atoms with Gasteiger partial charge in [0.05, 0.1) is 6.26 Å². The molecule has 2 aliphatic heterocycles. The van der Waals surface area contributed by atoms with Crippen LogP contribution in [0.5, 0.6) is 0 Å². The van der Waals surface area contributed by atoms with Crippen LogP contribution >= 0.6 is 0 Å². The molecule has 2 fully saturated rings. The number of hydrogen-bond acceptors (Lipinski definition) is 6. The lowest BCUT2D eigenvalue weighted by atomic mass is 10.1. The molecule has 0 spiro atoms. The normalized spacial score (nSPS) is 21.4. The summed E-state index contributed by atoms with van der Waals surface area (Å²) < 4.78 is 51.9. The molecule has 0 saturated carbocycles. The number of anilines is 2. The van der Waals surface area contributed by atoms with E-state index in [1.165, 1.54) is 10.6 Å². The van der Waals surface area contributed by atoms with Gasteiger partial charge in [0.2, 0.25) is 10.0 Å². The van der Waals surface area contributed by atoms with E-state index in [0.717, 1.165) is 10.8 Å². The van der Waals surface area contributed by atoms with Gasteiger partial charge in [0.25, 0.3) is 5.92 Å². The molecule has 0 atom stereocenters. The van der Waals surface area contributed by atoms with E-state index >= 15 is 0 Å². The van der Waals surface area contributed by atoms with E-state index in [2.05, 4.69) is 15.3 Å². The van der Waals surface area contributed by atoms with Gasteiger partial charge in [0.1, 0.15) is 11.6 Å².